The first-order valence-electron chi connectivity index (χ1n) is 6.69. The molecule has 0 atom stereocenters. The molecule has 1 aromatic rings. The second-order valence-corrected chi connectivity index (χ2v) is 4.29. The lowest BCUT2D eigenvalue weighted by atomic mass is 10.0. The average molecular weight is 288 g/mol. The van der Waals surface area contributed by atoms with E-state index < -0.39 is 4.92 Å². The van der Waals surface area contributed by atoms with Gasteiger partial charge >= 0.3 is 5.69 Å². The molecule has 0 amide bonds. The molecular formula is C16H20N2O3. The van der Waals surface area contributed by atoms with Crippen LogP contribution >= 0.6 is 0 Å². The first kappa shape index (κ1) is 16.5. The van der Waals surface area contributed by atoms with Crippen LogP contribution < -0.4 is 10.1 Å². The number of benzene rings is 1. The van der Waals surface area contributed by atoms with Crippen LogP contribution in [0.2, 0.25) is 0 Å². The van der Waals surface area contributed by atoms with Gasteiger partial charge in [-0.2, -0.15) is 0 Å². The van der Waals surface area contributed by atoms with Crippen LogP contribution in [-0.4, -0.2) is 18.6 Å². The molecule has 5 heteroatoms. The van der Waals surface area contributed by atoms with Gasteiger partial charge < -0.3 is 10.1 Å². The molecule has 0 aliphatic carbocycles. The van der Waals surface area contributed by atoms with Crippen molar-refractivity contribution in [2.75, 3.05) is 13.7 Å². The summed E-state index contributed by atoms with van der Waals surface area (Å²) < 4.78 is 5.08. The maximum atomic E-state index is 10.9. The number of allylic oxidation sites excluding steroid dienone is 4. The highest BCUT2D eigenvalue weighted by Gasteiger charge is 2.15. The van der Waals surface area contributed by atoms with Crippen molar-refractivity contribution >= 4 is 11.3 Å². The highest BCUT2D eigenvalue weighted by atomic mass is 16.6. The van der Waals surface area contributed by atoms with Gasteiger partial charge in [-0.25, -0.2) is 0 Å². The minimum absolute atomic E-state index is 0.0488. The van der Waals surface area contributed by atoms with Crippen LogP contribution in [0.4, 0.5) is 5.69 Å². The average Bonchev–Trinajstić information content (AvgIpc) is 2.49. The highest BCUT2D eigenvalue weighted by molar-refractivity contribution is 5.77. The lowest BCUT2D eigenvalue weighted by Gasteiger charge is -2.06. The summed E-state index contributed by atoms with van der Waals surface area (Å²) >= 11 is 0. The zero-order valence-electron chi connectivity index (χ0n) is 12.3. The molecule has 0 aliphatic heterocycles. The third-order valence-corrected chi connectivity index (χ3v) is 2.78. The topological polar surface area (TPSA) is 64.4 Å². The molecule has 0 radical (unpaired) electrons. The SMILES string of the molecule is C=C/C=C(\C=C/NCCC)c1ccc([N+](=O)[O-])c(OC)c1. The van der Waals surface area contributed by atoms with E-state index in [1.54, 1.807) is 18.2 Å². The Morgan fingerprint density at radius 1 is 1.52 bits per heavy atom. The second kappa shape index (κ2) is 8.58. The molecule has 0 aliphatic rings. The van der Waals surface area contributed by atoms with Gasteiger partial charge in [0.25, 0.3) is 0 Å². The van der Waals surface area contributed by atoms with Gasteiger partial charge in [0.1, 0.15) is 0 Å². The Kier molecular flexibility index (Phi) is 6.74. The number of ether oxygens (including phenoxy) is 1. The molecule has 0 aromatic heterocycles. The second-order valence-electron chi connectivity index (χ2n) is 4.29. The van der Waals surface area contributed by atoms with Gasteiger partial charge in [0.2, 0.25) is 0 Å². The van der Waals surface area contributed by atoms with E-state index in [-0.39, 0.29) is 11.4 Å². The molecule has 0 unspecified atom stereocenters. The molecule has 0 heterocycles. The van der Waals surface area contributed by atoms with Crippen molar-refractivity contribution in [2.24, 2.45) is 0 Å². The van der Waals surface area contributed by atoms with Crippen molar-refractivity contribution in [1.29, 1.82) is 0 Å². The number of nitro benzene ring substituents is 1. The fourth-order valence-corrected chi connectivity index (χ4v) is 1.76. The largest absolute Gasteiger partial charge is 0.490 e. The van der Waals surface area contributed by atoms with Gasteiger partial charge in [-0.15, -0.1) is 0 Å². The molecule has 21 heavy (non-hydrogen) atoms. The fourth-order valence-electron chi connectivity index (χ4n) is 1.76. The summed E-state index contributed by atoms with van der Waals surface area (Å²) in [4.78, 5) is 10.4. The summed E-state index contributed by atoms with van der Waals surface area (Å²) in [5.74, 6) is 0.238. The maximum absolute atomic E-state index is 10.9. The minimum Gasteiger partial charge on any atom is -0.490 e. The van der Waals surface area contributed by atoms with Crippen molar-refractivity contribution in [1.82, 2.24) is 5.32 Å². The van der Waals surface area contributed by atoms with E-state index in [9.17, 15) is 10.1 Å². The maximum Gasteiger partial charge on any atom is 0.310 e. The number of nitro groups is 1. The molecule has 0 saturated carbocycles. The van der Waals surface area contributed by atoms with E-state index in [4.69, 9.17) is 4.74 Å². The Labute approximate surface area is 124 Å². The summed E-state index contributed by atoms with van der Waals surface area (Å²) in [7, 11) is 1.42. The van der Waals surface area contributed by atoms with Crippen molar-refractivity contribution in [3.8, 4) is 5.75 Å². The van der Waals surface area contributed by atoms with E-state index in [0.29, 0.717) is 0 Å². The quantitative estimate of drug-likeness (QED) is 0.343. The van der Waals surface area contributed by atoms with E-state index in [1.165, 1.54) is 13.2 Å². The number of rotatable bonds is 8. The smallest absolute Gasteiger partial charge is 0.310 e. The standard InChI is InChI=1S/C16H20N2O3/c1-4-6-13(9-11-17-10-5-2)14-7-8-15(18(19)20)16(12-14)21-3/h4,6-9,11-12,17H,1,5,10H2,2-3H3/b11-9-,13-6+. The summed E-state index contributed by atoms with van der Waals surface area (Å²) in [6.07, 6.45) is 8.30. The predicted octanol–water partition coefficient (Wildman–Crippen LogP) is 3.69. The third kappa shape index (κ3) is 4.80. The van der Waals surface area contributed by atoms with E-state index >= 15 is 0 Å². The van der Waals surface area contributed by atoms with Gasteiger partial charge in [-0.1, -0.05) is 25.7 Å². The number of hydrogen-bond donors (Lipinski definition) is 1. The Morgan fingerprint density at radius 3 is 2.86 bits per heavy atom. The van der Waals surface area contributed by atoms with Crippen LogP contribution in [0.3, 0.4) is 0 Å². The highest BCUT2D eigenvalue weighted by Crippen LogP contribution is 2.30. The molecule has 5 nitrogen and oxygen atoms in total. The van der Waals surface area contributed by atoms with E-state index in [1.807, 2.05) is 18.4 Å². The van der Waals surface area contributed by atoms with Gasteiger partial charge in [0.15, 0.2) is 5.75 Å². The number of nitrogens with zero attached hydrogens (tertiary/aromatic N) is 1. The molecular weight excluding hydrogens is 268 g/mol. The van der Waals surface area contributed by atoms with E-state index in [0.717, 1.165) is 24.1 Å². The molecule has 0 saturated heterocycles. The Hall–Kier alpha value is -2.56. The monoisotopic (exact) mass is 288 g/mol. The van der Waals surface area contributed by atoms with Crippen LogP contribution in [0.15, 0.2) is 49.2 Å². The van der Waals surface area contributed by atoms with Crippen LogP contribution in [0.25, 0.3) is 5.57 Å². The van der Waals surface area contributed by atoms with Gasteiger partial charge in [-0.05, 0) is 42.0 Å². The van der Waals surface area contributed by atoms with Crippen molar-refractivity contribution in [3.05, 3.63) is 64.9 Å². The number of nitrogens with one attached hydrogen (secondary N) is 1. The minimum atomic E-state index is -0.460. The normalized spacial score (nSPS) is 11.4. The summed E-state index contributed by atoms with van der Waals surface area (Å²) in [6, 6.07) is 4.79. The fraction of sp³-hybridized carbons (Fsp3) is 0.250. The first-order chi connectivity index (χ1) is 10.1. The van der Waals surface area contributed by atoms with Gasteiger partial charge in [0, 0.05) is 12.6 Å². The van der Waals surface area contributed by atoms with Crippen LogP contribution in [0, 0.1) is 10.1 Å². The van der Waals surface area contributed by atoms with E-state index in [2.05, 4.69) is 18.8 Å². The molecule has 112 valence electrons. The Balaban J connectivity index is 3.09. The van der Waals surface area contributed by atoms with Gasteiger partial charge in [0.05, 0.1) is 12.0 Å². The number of hydrogen-bond acceptors (Lipinski definition) is 4. The lowest BCUT2D eigenvalue weighted by Crippen LogP contribution is -2.04. The molecule has 0 fully saturated rings. The molecule has 0 bridgehead atoms. The van der Waals surface area contributed by atoms with Gasteiger partial charge in [-0.3, -0.25) is 10.1 Å². The van der Waals surface area contributed by atoms with Crippen LogP contribution in [-0.2, 0) is 0 Å². The molecule has 1 N–H and O–H groups in total. The lowest BCUT2D eigenvalue weighted by molar-refractivity contribution is -0.385. The Bertz CT molecular complexity index is 563. The summed E-state index contributed by atoms with van der Waals surface area (Å²) in [6.45, 7) is 6.66. The number of methoxy groups -OCH3 is 1. The molecule has 1 rings (SSSR count). The zero-order chi connectivity index (χ0) is 15.7. The summed E-state index contributed by atoms with van der Waals surface area (Å²) in [5.41, 5.74) is 1.67. The first-order valence-corrected chi connectivity index (χ1v) is 6.69. The Morgan fingerprint density at radius 2 is 2.29 bits per heavy atom. The molecule has 1 aromatic carbocycles. The zero-order valence-corrected chi connectivity index (χ0v) is 12.3. The van der Waals surface area contributed by atoms with Crippen molar-refractivity contribution in [3.63, 3.8) is 0 Å². The van der Waals surface area contributed by atoms with Crippen molar-refractivity contribution < 1.29 is 9.66 Å². The summed E-state index contributed by atoms with van der Waals surface area (Å²) in [5, 5.41) is 14.1. The molecule has 0 spiro atoms. The van der Waals surface area contributed by atoms with Crippen molar-refractivity contribution in [2.45, 2.75) is 13.3 Å². The van der Waals surface area contributed by atoms with Crippen LogP contribution in [0.1, 0.15) is 18.9 Å². The predicted molar refractivity (Wildman–Crippen MR) is 85.3 cm³/mol. The third-order valence-electron chi connectivity index (χ3n) is 2.78. The van der Waals surface area contributed by atoms with Crippen LogP contribution in [0.5, 0.6) is 5.75 Å².